The number of hydrogen-bond acceptors (Lipinski definition) is 0. The maximum absolute atomic E-state index is 2.32. The topological polar surface area (TPSA) is 0 Å². The molecule has 0 atom stereocenters. The van der Waals surface area contributed by atoms with Crippen molar-refractivity contribution < 1.29 is 0 Å². The first-order valence-electron chi connectivity index (χ1n) is 3.00. The van der Waals surface area contributed by atoms with Crippen LogP contribution in [0.2, 0.25) is 0 Å². The highest BCUT2D eigenvalue weighted by atomic mass is 32.4. The second kappa shape index (κ2) is 3.85. The van der Waals surface area contributed by atoms with Gasteiger partial charge in [-0.3, -0.25) is 0 Å². The summed E-state index contributed by atoms with van der Waals surface area (Å²) in [6.45, 7) is 6.95. The predicted octanol–water partition coefficient (Wildman–Crippen LogP) is 5.88. The molecule has 0 nitrogen and oxygen atoms in total. The lowest BCUT2D eigenvalue weighted by Crippen LogP contribution is -2.05. The van der Waals surface area contributed by atoms with Crippen LogP contribution in [0.3, 0.4) is 0 Å². The van der Waals surface area contributed by atoms with E-state index in [4.69, 9.17) is 0 Å². The summed E-state index contributed by atoms with van der Waals surface area (Å²) in [7, 11) is 7.88. The Bertz CT molecular complexity index is 201. The molecule has 0 spiro atoms. The Balaban J connectivity index is 2.97. The number of hydrogen-bond donors (Lipinski definition) is 0. The van der Waals surface area contributed by atoms with E-state index in [9.17, 15) is 0 Å². The van der Waals surface area contributed by atoms with Crippen LogP contribution >= 0.6 is 38.4 Å². The van der Waals surface area contributed by atoms with E-state index in [0.29, 0.717) is 5.41 Å². The van der Waals surface area contributed by atoms with Gasteiger partial charge in [0.1, 0.15) is 0 Å². The van der Waals surface area contributed by atoms with Crippen LogP contribution in [0, 0.1) is 0 Å². The smallest absolute Gasteiger partial charge is 0.0217 e. The zero-order chi connectivity index (χ0) is 7.61. The van der Waals surface area contributed by atoms with Crippen molar-refractivity contribution in [2.45, 2.75) is 26.2 Å². The maximum atomic E-state index is 2.32. The van der Waals surface area contributed by atoms with Gasteiger partial charge in [-0.05, 0) is 43.8 Å². The van der Waals surface area contributed by atoms with Gasteiger partial charge >= 0.3 is 0 Å². The third-order valence-corrected chi connectivity index (χ3v) is 14.2. The molecule has 0 aromatic carbocycles. The summed E-state index contributed by atoms with van der Waals surface area (Å²) in [4.78, 5) is 0. The van der Waals surface area contributed by atoms with Gasteiger partial charge in [0, 0.05) is 5.03 Å². The van der Waals surface area contributed by atoms with E-state index >= 15 is 0 Å². The Morgan fingerprint density at radius 3 is 1.70 bits per heavy atom. The molecular formula is C5H9P5. The lowest BCUT2D eigenvalue weighted by atomic mass is 10.0. The van der Waals surface area contributed by atoms with Crippen molar-refractivity contribution >= 4 is 38.4 Å². The van der Waals surface area contributed by atoms with Gasteiger partial charge in [0.05, 0.1) is 0 Å². The average Bonchev–Trinajstić information content (AvgIpc) is 1.88. The molecule has 0 bridgehead atoms. The Hall–Kier alpha value is 1.37. The molecule has 5 heteroatoms. The van der Waals surface area contributed by atoms with E-state index in [0.717, 1.165) is 0 Å². The summed E-state index contributed by atoms with van der Waals surface area (Å²) in [5.74, 6) is 0. The summed E-state index contributed by atoms with van der Waals surface area (Å²) in [5, 5.41) is 1.70. The fourth-order valence-corrected chi connectivity index (χ4v) is 16.4. The van der Waals surface area contributed by atoms with Crippen LogP contribution in [-0.2, 0) is 5.41 Å². The molecule has 0 aliphatic rings. The molecule has 0 saturated carbocycles. The van der Waals surface area contributed by atoms with Gasteiger partial charge in [-0.2, -0.15) is 0 Å². The van der Waals surface area contributed by atoms with Gasteiger partial charge < -0.3 is 0 Å². The van der Waals surface area contributed by atoms with Gasteiger partial charge in [0.15, 0.2) is 0 Å². The highest BCUT2D eigenvalue weighted by Gasteiger charge is 2.13. The lowest BCUT2D eigenvalue weighted by molar-refractivity contribution is 0.616. The fraction of sp³-hybridized carbons (Fsp3) is 0.800. The third-order valence-electron chi connectivity index (χ3n) is 1.03. The first-order chi connectivity index (χ1) is 4.61. The molecule has 0 aliphatic heterocycles. The summed E-state index contributed by atoms with van der Waals surface area (Å²) in [6.07, 6.45) is 0. The summed E-state index contributed by atoms with van der Waals surface area (Å²) in [5.41, 5.74) is 0.444. The largest absolute Gasteiger partial charge is 0.0554 e. The van der Waals surface area contributed by atoms with Crippen LogP contribution in [0.4, 0.5) is 0 Å². The predicted molar refractivity (Wildman–Crippen MR) is 57.7 cm³/mol. The van der Waals surface area contributed by atoms with Crippen LogP contribution in [0.25, 0.3) is 0 Å². The van der Waals surface area contributed by atoms with Crippen molar-refractivity contribution in [2.24, 2.45) is 0 Å². The molecule has 54 valence electrons. The fourth-order valence-electron chi connectivity index (χ4n) is 0.463. The van der Waals surface area contributed by atoms with Crippen LogP contribution in [0.1, 0.15) is 25.8 Å². The van der Waals surface area contributed by atoms with Crippen molar-refractivity contribution in [3.8, 4) is 0 Å². The van der Waals surface area contributed by atoms with Gasteiger partial charge in [0.2, 0.25) is 0 Å². The molecule has 0 aliphatic carbocycles. The van der Waals surface area contributed by atoms with Crippen molar-refractivity contribution in [3.63, 3.8) is 0 Å². The Morgan fingerprint density at radius 1 is 0.900 bits per heavy atom. The van der Waals surface area contributed by atoms with E-state index in [1.54, 1.807) is 43.4 Å². The van der Waals surface area contributed by atoms with Crippen molar-refractivity contribution in [1.29, 1.82) is 0 Å². The molecule has 1 rings (SSSR count). The quantitative estimate of drug-likeness (QED) is 0.515. The summed E-state index contributed by atoms with van der Waals surface area (Å²) >= 11 is 0. The van der Waals surface area contributed by atoms with Gasteiger partial charge in [-0.15, -0.1) is 0 Å². The average molecular weight is 224 g/mol. The van der Waals surface area contributed by atoms with Crippen LogP contribution in [0.5, 0.6) is 0 Å². The molecule has 1 heterocycles. The summed E-state index contributed by atoms with van der Waals surface area (Å²) < 4.78 is 0. The van der Waals surface area contributed by atoms with Gasteiger partial charge in [0.25, 0.3) is 0 Å². The Kier molecular flexibility index (Phi) is 3.65. The van der Waals surface area contributed by atoms with E-state index in [-0.39, 0.29) is 0 Å². The highest BCUT2D eigenvalue weighted by Crippen LogP contribution is 2.50. The van der Waals surface area contributed by atoms with Crippen LogP contribution < -0.4 is 0 Å². The molecule has 0 radical (unpaired) electrons. The molecular weight excluding hydrogens is 215 g/mol. The molecule has 0 saturated heterocycles. The van der Waals surface area contributed by atoms with E-state index in [1.165, 1.54) is 0 Å². The van der Waals surface area contributed by atoms with E-state index in [1.807, 2.05) is 0 Å². The van der Waals surface area contributed by atoms with E-state index < -0.39 is 0 Å². The monoisotopic (exact) mass is 224 g/mol. The molecule has 0 amide bonds. The van der Waals surface area contributed by atoms with Crippen molar-refractivity contribution in [2.75, 3.05) is 0 Å². The second-order valence-electron chi connectivity index (χ2n) is 3.04. The first kappa shape index (κ1) is 9.46. The minimum atomic E-state index is 0.444. The maximum Gasteiger partial charge on any atom is 0.0217 e. The standard InChI is InChI=1S/C5H9P5/c1-5(2,3)4-6-8-10-9-7-4/h1-3H3. The van der Waals surface area contributed by atoms with Crippen molar-refractivity contribution in [1.82, 2.24) is 0 Å². The Morgan fingerprint density at radius 2 is 1.40 bits per heavy atom. The first-order valence-corrected chi connectivity index (χ1v) is 10.3. The zero-order valence-electron chi connectivity index (χ0n) is 6.24. The van der Waals surface area contributed by atoms with E-state index in [2.05, 4.69) is 20.8 Å². The lowest BCUT2D eigenvalue weighted by Gasteiger charge is -2.15. The Labute approximate surface area is 69.9 Å². The number of rotatable bonds is 0. The third kappa shape index (κ3) is 2.78. The van der Waals surface area contributed by atoms with Gasteiger partial charge in [-0.25, -0.2) is 0 Å². The molecule has 0 fully saturated rings. The van der Waals surface area contributed by atoms with Crippen molar-refractivity contribution in [3.05, 3.63) is 5.03 Å². The van der Waals surface area contributed by atoms with Gasteiger partial charge in [-0.1, -0.05) is 20.8 Å². The molecule has 1 aromatic rings. The SMILES string of the molecule is CC(C)(C)c1ppppp1. The van der Waals surface area contributed by atoms with Crippen LogP contribution in [-0.4, -0.2) is 0 Å². The molecule has 0 N–H and O–H groups in total. The minimum absolute atomic E-state index is 0.444. The second-order valence-corrected chi connectivity index (χ2v) is 12.9. The highest BCUT2D eigenvalue weighted by molar-refractivity contribution is 8.39. The zero-order valence-corrected chi connectivity index (χ0v) is 10.7. The molecule has 0 unspecified atom stereocenters. The van der Waals surface area contributed by atoms with Crippen LogP contribution in [0.15, 0.2) is 0 Å². The summed E-state index contributed by atoms with van der Waals surface area (Å²) in [6, 6.07) is 0. The minimum Gasteiger partial charge on any atom is -0.0554 e. The normalized spacial score (nSPS) is 15.5. The molecule has 10 heavy (non-hydrogen) atoms. The molecule has 1 aromatic heterocycles.